The van der Waals surface area contributed by atoms with Crippen LogP contribution in [0.15, 0.2) is 53.4 Å². The third kappa shape index (κ3) is 3.94. The Morgan fingerprint density at radius 3 is 2.44 bits per heavy atom. The SMILES string of the molecule is Cc1ccccc1N1C(=O)/C(=C/c2ccc(OC(C)C)cc2)SC1=S. The van der Waals surface area contributed by atoms with Gasteiger partial charge in [0.25, 0.3) is 5.91 Å². The predicted octanol–water partition coefficient (Wildman–Crippen LogP) is 5.19. The molecular formula is C20H19NO2S2. The molecule has 2 aromatic rings. The number of thioether (sulfide) groups is 1. The van der Waals surface area contributed by atoms with E-state index in [-0.39, 0.29) is 12.0 Å². The molecule has 0 spiro atoms. The Morgan fingerprint density at radius 2 is 1.80 bits per heavy atom. The van der Waals surface area contributed by atoms with Crippen molar-refractivity contribution >= 4 is 46.0 Å². The second kappa shape index (κ2) is 7.42. The number of ether oxygens (including phenoxy) is 1. The minimum atomic E-state index is -0.0770. The number of carbonyl (C=O) groups excluding carboxylic acids is 1. The van der Waals surface area contributed by atoms with Gasteiger partial charge in [-0.1, -0.05) is 54.3 Å². The lowest BCUT2D eigenvalue weighted by Gasteiger charge is -2.16. The van der Waals surface area contributed by atoms with E-state index in [4.69, 9.17) is 17.0 Å². The summed E-state index contributed by atoms with van der Waals surface area (Å²) in [5.41, 5.74) is 2.81. The minimum absolute atomic E-state index is 0.0770. The van der Waals surface area contributed by atoms with Crippen molar-refractivity contribution in [3.63, 3.8) is 0 Å². The summed E-state index contributed by atoms with van der Waals surface area (Å²) in [5.74, 6) is 0.742. The standard InChI is InChI=1S/C20H19NO2S2/c1-13(2)23-16-10-8-15(9-11-16)12-18-19(22)21(20(24)25-18)17-7-5-4-6-14(17)3/h4-13H,1-3H3/b18-12-. The first-order chi connectivity index (χ1) is 12.0. The molecule has 1 saturated heterocycles. The number of amides is 1. The highest BCUT2D eigenvalue weighted by molar-refractivity contribution is 8.27. The van der Waals surface area contributed by atoms with Gasteiger partial charge >= 0.3 is 0 Å². The maximum absolute atomic E-state index is 12.8. The number of hydrogen-bond donors (Lipinski definition) is 0. The summed E-state index contributed by atoms with van der Waals surface area (Å²) < 4.78 is 6.20. The van der Waals surface area contributed by atoms with Crippen LogP contribution in [-0.2, 0) is 4.79 Å². The number of benzene rings is 2. The summed E-state index contributed by atoms with van der Waals surface area (Å²) in [6.45, 7) is 5.96. The number of nitrogens with zero attached hydrogens (tertiary/aromatic N) is 1. The lowest BCUT2D eigenvalue weighted by atomic mass is 10.1. The van der Waals surface area contributed by atoms with E-state index in [1.165, 1.54) is 11.8 Å². The van der Waals surface area contributed by atoms with Gasteiger partial charge in [0.1, 0.15) is 5.75 Å². The van der Waals surface area contributed by atoms with Crippen LogP contribution in [0.2, 0.25) is 0 Å². The summed E-state index contributed by atoms with van der Waals surface area (Å²) in [5, 5.41) is 0. The van der Waals surface area contributed by atoms with E-state index < -0.39 is 0 Å². The summed E-state index contributed by atoms with van der Waals surface area (Å²) in [6, 6.07) is 15.5. The number of rotatable bonds is 4. The van der Waals surface area contributed by atoms with Crippen molar-refractivity contribution in [3.05, 3.63) is 64.6 Å². The van der Waals surface area contributed by atoms with Gasteiger partial charge in [0.05, 0.1) is 16.7 Å². The molecule has 128 valence electrons. The molecule has 0 atom stereocenters. The maximum Gasteiger partial charge on any atom is 0.270 e. The summed E-state index contributed by atoms with van der Waals surface area (Å²) in [7, 11) is 0. The molecule has 2 aromatic carbocycles. The van der Waals surface area contributed by atoms with Gasteiger partial charge in [0, 0.05) is 0 Å². The van der Waals surface area contributed by atoms with E-state index in [1.807, 2.05) is 75.4 Å². The Hall–Kier alpha value is -2.11. The zero-order valence-electron chi connectivity index (χ0n) is 14.4. The molecule has 5 heteroatoms. The number of hydrogen-bond acceptors (Lipinski definition) is 4. The van der Waals surface area contributed by atoms with Crippen LogP contribution in [0.1, 0.15) is 25.0 Å². The van der Waals surface area contributed by atoms with Crippen LogP contribution in [0.25, 0.3) is 6.08 Å². The third-order valence-corrected chi connectivity index (χ3v) is 5.00. The number of aryl methyl sites for hydroxylation is 1. The monoisotopic (exact) mass is 369 g/mol. The van der Waals surface area contributed by atoms with Gasteiger partial charge in [-0.2, -0.15) is 0 Å². The molecule has 1 aliphatic heterocycles. The highest BCUT2D eigenvalue weighted by Crippen LogP contribution is 2.37. The predicted molar refractivity (Wildman–Crippen MR) is 109 cm³/mol. The van der Waals surface area contributed by atoms with Crippen molar-refractivity contribution in [1.29, 1.82) is 0 Å². The largest absolute Gasteiger partial charge is 0.491 e. The molecular weight excluding hydrogens is 350 g/mol. The molecule has 1 heterocycles. The third-order valence-electron chi connectivity index (χ3n) is 3.70. The first-order valence-corrected chi connectivity index (χ1v) is 9.28. The zero-order valence-corrected chi connectivity index (χ0v) is 16.0. The van der Waals surface area contributed by atoms with E-state index in [0.29, 0.717) is 9.23 Å². The van der Waals surface area contributed by atoms with Gasteiger partial charge in [-0.05, 0) is 56.2 Å². The topological polar surface area (TPSA) is 29.5 Å². The highest BCUT2D eigenvalue weighted by atomic mass is 32.2. The Labute approximate surface area is 157 Å². The Kier molecular flexibility index (Phi) is 5.25. The Morgan fingerprint density at radius 1 is 1.12 bits per heavy atom. The fraction of sp³-hybridized carbons (Fsp3) is 0.200. The molecule has 0 unspecified atom stereocenters. The van der Waals surface area contributed by atoms with Crippen LogP contribution in [-0.4, -0.2) is 16.3 Å². The van der Waals surface area contributed by atoms with E-state index in [0.717, 1.165) is 22.6 Å². The number of anilines is 1. The van der Waals surface area contributed by atoms with Crippen LogP contribution in [0.5, 0.6) is 5.75 Å². The van der Waals surface area contributed by atoms with Crippen LogP contribution >= 0.6 is 24.0 Å². The van der Waals surface area contributed by atoms with Crippen molar-refractivity contribution in [1.82, 2.24) is 0 Å². The molecule has 0 N–H and O–H groups in total. The van der Waals surface area contributed by atoms with Gasteiger partial charge in [-0.3, -0.25) is 9.69 Å². The van der Waals surface area contributed by atoms with Gasteiger partial charge in [-0.25, -0.2) is 0 Å². The van der Waals surface area contributed by atoms with Crippen LogP contribution < -0.4 is 9.64 Å². The van der Waals surface area contributed by atoms with Crippen molar-refractivity contribution in [3.8, 4) is 5.75 Å². The van der Waals surface area contributed by atoms with Crippen molar-refractivity contribution < 1.29 is 9.53 Å². The summed E-state index contributed by atoms with van der Waals surface area (Å²) in [4.78, 5) is 15.0. The fourth-order valence-corrected chi connectivity index (χ4v) is 3.84. The van der Waals surface area contributed by atoms with Gasteiger partial charge in [0.2, 0.25) is 0 Å². The van der Waals surface area contributed by atoms with Gasteiger partial charge in [0.15, 0.2) is 4.32 Å². The minimum Gasteiger partial charge on any atom is -0.491 e. The van der Waals surface area contributed by atoms with Crippen LogP contribution in [0.4, 0.5) is 5.69 Å². The lowest BCUT2D eigenvalue weighted by molar-refractivity contribution is -0.113. The summed E-state index contributed by atoms with van der Waals surface area (Å²) >= 11 is 6.76. The first-order valence-electron chi connectivity index (χ1n) is 8.06. The molecule has 1 aliphatic rings. The molecule has 25 heavy (non-hydrogen) atoms. The van der Waals surface area contributed by atoms with E-state index in [2.05, 4.69) is 0 Å². The normalized spacial score (nSPS) is 16.2. The smallest absolute Gasteiger partial charge is 0.270 e. The van der Waals surface area contributed by atoms with Crippen molar-refractivity contribution in [2.24, 2.45) is 0 Å². The quantitative estimate of drug-likeness (QED) is 0.548. The van der Waals surface area contributed by atoms with Crippen molar-refractivity contribution in [2.75, 3.05) is 4.90 Å². The number of para-hydroxylation sites is 1. The Balaban J connectivity index is 1.84. The average Bonchev–Trinajstić information content (AvgIpc) is 2.83. The lowest BCUT2D eigenvalue weighted by Crippen LogP contribution is -2.28. The fourth-order valence-electron chi connectivity index (χ4n) is 2.56. The molecule has 0 bridgehead atoms. The molecule has 0 radical (unpaired) electrons. The first kappa shape index (κ1) is 17.7. The van der Waals surface area contributed by atoms with Gasteiger partial charge < -0.3 is 4.74 Å². The molecule has 3 rings (SSSR count). The average molecular weight is 370 g/mol. The number of carbonyl (C=O) groups is 1. The van der Waals surface area contributed by atoms with Crippen LogP contribution in [0.3, 0.4) is 0 Å². The molecule has 0 aliphatic carbocycles. The van der Waals surface area contributed by atoms with Gasteiger partial charge in [-0.15, -0.1) is 0 Å². The van der Waals surface area contributed by atoms with E-state index in [1.54, 1.807) is 4.90 Å². The van der Waals surface area contributed by atoms with E-state index >= 15 is 0 Å². The Bertz CT molecular complexity index is 841. The molecule has 0 saturated carbocycles. The second-order valence-electron chi connectivity index (χ2n) is 6.04. The van der Waals surface area contributed by atoms with Crippen LogP contribution in [0, 0.1) is 6.92 Å². The molecule has 3 nitrogen and oxygen atoms in total. The summed E-state index contributed by atoms with van der Waals surface area (Å²) in [6.07, 6.45) is 2.01. The molecule has 0 aromatic heterocycles. The van der Waals surface area contributed by atoms with Crippen molar-refractivity contribution in [2.45, 2.75) is 26.9 Å². The molecule has 1 amide bonds. The number of thiocarbonyl (C=S) groups is 1. The second-order valence-corrected chi connectivity index (χ2v) is 7.72. The molecule has 1 fully saturated rings. The van der Waals surface area contributed by atoms with E-state index in [9.17, 15) is 4.79 Å². The highest BCUT2D eigenvalue weighted by Gasteiger charge is 2.33. The maximum atomic E-state index is 12.8. The zero-order chi connectivity index (χ0) is 18.0.